The highest BCUT2D eigenvalue weighted by Crippen LogP contribution is 2.28. The molecule has 1 aromatic carbocycles. The van der Waals surface area contributed by atoms with E-state index in [1.807, 2.05) is 19.1 Å². The van der Waals surface area contributed by atoms with Crippen LogP contribution >= 0.6 is 0 Å². The number of nitrogens with one attached hydrogen (secondary N) is 1. The van der Waals surface area contributed by atoms with Crippen LogP contribution < -0.4 is 16.0 Å². The van der Waals surface area contributed by atoms with Crippen molar-refractivity contribution >= 4 is 28.5 Å². The summed E-state index contributed by atoms with van der Waals surface area (Å²) in [4.78, 5) is 22.6. The molecule has 2 heterocycles. The number of amides is 1. The van der Waals surface area contributed by atoms with Crippen LogP contribution in [0.4, 0.5) is 5.82 Å². The van der Waals surface area contributed by atoms with Gasteiger partial charge in [0.05, 0.1) is 17.2 Å². The summed E-state index contributed by atoms with van der Waals surface area (Å²) >= 11 is 0. The normalized spacial score (nSPS) is 23.3. The summed E-state index contributed by atoms with van der Waals surface area (Å²) in [6.07, 6.45) is 4.77. The molecule has 0 bridgehead atoms. The molecule has 1 aliphatic carbocycles. The number of hydrogen-bond donors (Lipinski definition) is 3. The zero-order valence-corrected chi connectivity index (χ0v) is 17.8. The number of carbonyl (C=O) groups is 1. The quantitative estimate of drug-likeness (QED) is 0.529. The monoisotopic (exact) mass is 409 g/mol. The molecule has 2 atom stereocenters. The lowest BCUT2D eigenvalue weighted by molar-refractivity contribution is -0.115. The van der Waals surface area contributed by atoms with Crippen LogP contribution in [-0.4, -0.2) is 53.1 Å². The fraction of sp³-hybridized carbons (Fsp3) is 0.522. The van der Waals surface area contributed by atoms with Crippen LogP contribution in [0.3, 0.4) is 0 Å². The van der Waals surface area contributed by atoms with Gasteiger partial charge in [-0.1, -0.05) is 11.6 Å². The van der Waals surface area contributed by atoms with E-state index >= 15 is 0 Å². The molecule has 1 aromatic heterocycles. The number of hydrogen-bond acceptors (Lipinski definition) is 5. The number of anilines is 1. The van der Waals surface area contributed by atoms with Crippen molar-refractivity contribution in [3.63, 3.8) is 0 Å². The lowest BCUT2D eigenvalue weighted by atomic mass is 10.0. The Bertz CT molecular complexity index is 965. The van der Waals surface area contributed by atoms with Crippen molar-refractivity contribution in [2.45, 2.75) is 64.1 Å². The highest BCUT2D eigenvalue weighted by atomic mass is 16.3. The van der Waals surface area contributed by atoms with Crippen LogP contribution in [0.5, 0.6) is 0 Å². The van der Waals surface area contributed by atoms with Crippen LogP contribution in [0.2, 0.25) is 0 Å². The van der Waals surface area contributed by atoms with Gasteiger partial charge in [-0.15, -0.1) is 0 Å². The molecule has 1 saturated carbocycles. The number of aryl methyl sites for hydroxylation is 1. The zero-order valence-electron chi connectivity index (χ0n) is 17.8. The van der Waals surface area contributed by atoms with Crippen molar-refractivity contribution in [1.29, 1.82) is 0 Å². The molecular formula is C23H31N5O2. The van der Waals surface area contributed by atoms with Gasteiger partial charge in [0.1, 0.15) is 11.7 Å². The first kappa shape index (κ1) is 20.8. The van der Waals surface area contributed by atoms with Gasteiger partial charge in [-0.2, -0.15) is 4.99 Å². The number of nitrogens with zero attached hydrogens (tertiary/aromatic N) is 3. The van der Waals surface area contributed by atoms with Crippen LogP contribution in [0.25, 0.3) is 10.9 Å². The first-order chi connectivity index (χ1) is 14.4. The summed E-state index contributed by atoms with van der Waals surface area (Å²) in [6, 6.07) is 8.75. The molecule has 0 unspecified atom stereocenters. The Morgan fingerprint density at radius 2 is 2.00 bits per heavy atom. The fourth-order valence-corrected chi connectivity index (χ4v) is 4.64. The van der Waals surface area contributed by atoms with Crippen molar-refractivity contribution in [2.24, 2.45) is 10.7 Å². The number of pyridine rings is 1. The second-order valence-electron chi connectivity index (χ2n) is 8.60. The van der Waals surface area contributed by atoms with Gasteiger partial charge < -0.3 is 21.1 Å². The molecule has 7 nitrogen and oxygen atoms in total. The van der Waals surface area contributed by atoms with Crippen molar-refractivity contribution in [3.05, 3.63) is 35.4 Å². The Morgan fingerprint density at radius 3 is 2.67 bits per heavy atom. The number of aliphatic hydroxyl groups excluding tert-OH is 1. The molecule has 30 heavy (non-hydrogen) atoms. The Hall–Kier alpha value is -2.51. The summed E-state index contributed by atoms with van der Waals surface area (Å²) in [6.45, 7) is 5.12. The summed E-state index contributed by atoms with van der Waals surface area (Å²) < 4.78 is 0. The van der Waals surface area contributed by atoms with Crippen LogP contribution in [0.1, 0.15) is 50.2 Å². The van der Waals surface area contributed by atoms with E-state index in [0.717, 1.165) is 67.5 Å². The predicted molar refractivity (Wildman–Crippen MR) is 120 cm³/mol. The lowest BCUT2D eigenvalue weighted by Crippen LogP contribution is -2.48. The lowest BCUT2D eigenvalue weighted by Gasteiger charge is -2.36. The molecule has 160 valence electrons. The van der Waals surface area contributed by atoms with Gasteiger partial charge in [0.15, 0.2) is 0 Å². The third kappa shape index (κ3) is 4.47. The molecule has 7 heteroatoms. The maximum atomic E-state index is 11.5. The Balaban J connectivity index is 1.58. The molecule has 2 aromatic rings. The summed E-state index contributed by atoms with van der Waals surface area (Å²) in [5.41, 5.74) is 8.97. The average Bonchev–Trinajstić information content (AvgIpc) is 3.11. The second kappa shape index (κ2) is 8.70. The third-order valence-corrected chi connectivity index (χ3v) is 6.23. The standard InChI is InChI=1S/C23H31N5O2/c1-14-6-7-19-16(12-14)13-18(22(24)25-15(2)29)23(27-19)28-10-8-17(9-11-28)26-20-4-3-5-21(20)30/h6-7,12-13,17,20-21,26,30H,3-5,8-11H2,1-2H3,(H2,24,25,29)/t20-,21-/m0/s1. The second-order valence-corrected chi connectivity index (χ2v) is 8.60. The largest absolute Gasteiger partial charge is 0.392 e. The zero-order chi connectivity index (χ0) is 21.3. The number of piperidine rings is 1. The smallest absolute Gasteiger partial charge is 0.244 e. The molecule has 1 saturated heterocycles. The number of benzene rings is 1. The molecule has 1 amide bonds. The minimum Gasteiger partial charge on any atom is -0.392 e. The van der Waals surface area contributed by atoms with Crippen molar-refractivity contribution < 1.29 is 9.90 Å². The third-order valence-electron chi connectivity index (χ3n) is 6.23. The van der Waals surface area contributed by atoms with Gasteiger partial charge in [-0.25, -0.2) is 4.98 Å². The molecular weight excluding hydrogens is 378 g/mol. The van der Waals surface area contributed by atoms with Crippen LogP contribution in [-0.2, 0) is 4.79 Å². The van der Waals surface area contributed by atoms with E-state index in [-0.39, 0.29) is 23.9 Å². The maximum absolute atomic E-state index is 11.5. The highest BCUT2D eigenvalue weighted by Gasteiger charge is 2.30. The van der Waals surface area contributed by atoms with Crippen molar-refractivity contribution in [1.82, 2.24) is 10.3 Å². The Kier molecular flexibility index (Phi) is 6.01. The topological polar surface area (TPSA) is 104 Å². The summed E-state index contributed by atoms with van der Waals surface area (Å²) in [7, 11) is 0. The van der Waals surface area contributed by atoms with Gasteiger partial charge in [0, 0.05) is 37.5 Å². The SMILES string of the molecule is CC(=O)N=C(N)c1cc2cc(C)ccc2nc1N1CCC(N[C@H]2CCC[C@@H]2O)CC1. The van der Waals surface area contributed by atoms with E-state index in [9.17, 15) is 9.90 Å². The van der Waals surface area contributed by atoms with E-state index in [1.54, 1.807) is 0 Å². The Morgan fingerprint density at radius 1 is 1.23 bits per heavy atom. The van der Waals surface area contributed by atoms with Crippen LogP contribution in [0.15, 0.2) is 29.3 Å². The molecule has 4 N–H and O–H groups in total. The van der Waals surface area contributed by atoms with Crippen molar-refractivity contribution in [3.8, 4) is 0 Å². The van der Waals surface area contributed by atoms with E-state index < -0.39 is 0 Å². The number of aliphatic hydroxyl groups is 1. The van der Waals surface area contributed by atoms with E-state index in [4.69, 9.17) is 10.7 Å². The maximum Gasteiger partial charge on any atom is 0.244 e. The molecule has 0 radical (unpaired) electrons. The number of aliphatic imine (C=N–C) groups is 1. The molecule has 2 fully saturated rings. The number of carbonyl (C=O) groups excluding carboxylic acids is 1. The highest BCUT2D eigenvalue weighted by molar-refractivity contribution is 6.08. The first-order valence-electron chi connectivity index (χ1n) is 10.9. The number of rotatable bonds is 4. The minimum atomic E-state index is -0.319. The molecule has 4 rings (SSSR count). The first-order valence-corrected chi connectivity index (χ1v) is 10.9. The van der Waals surface area contributed by atoms with Gasteiger partial charge in [-0.05, 0) is 57.2 Å². The van der Waals surface area contributed by atoms with E-state index in [0.29, 0.717) is 11.6 Å². The number of amidine groups is 1. The van der Waals surface area contributed by atoms with Gasteiger partial charge >= 0.3 is 0 Å². The van der Waals surface area contributed by atoms with Crippen molar-refractivity contribution in [2.75, 3.05) is 18.0 Å². The Labute approximate surface area is 177 Å². The van der Waals surface area contributed by atoms with Gasteiger partial charge in [0.2, 0.25) is 5.91 Å². The summed E-state index contributed by atoms with van der Waals surface area (Å²) in [5, 5.41) is 14.7. The van der Waals surface area contributed by atoms with Gasteiger partial charge in [-0.3, -0.25) is 4.79 Å². The number of aromatic nitrogens is 1. The fourth-order valence-electron chi connectivity index (χ4n) is 4.64. The average molecular weight is 410 g/mol. The van der Waals surface area contributed by atoms with E-state index in [1.165, 1.54) is 6.92 Å². The number of fused-ring (bicyclic) bond motifs is 1. The molecule has 0 spiro atoms. The minimum absolute atomic E-state index is 0.211. The predicted octanol–water partition coefficient (Wildman–Crippen LogP) is 2.27. The van der Waals surface area contributed by atoms with Gasteiger partial charge in [0.25, 0.3) is 0 Å². The summed E-state index contributed by atoms with van der Waals surface area (Å²) in [5.74, 6) is 0.678. The van der Waals surface area contributed by atoms with E-state index in [2.05, 4.69) is 27.3 Å². The molecule has 1 aliphatic heterocycles. The number of nitrogens with two attached hydrogens (primary N) is 1. The molecule has 2 aliphatic rings. The van der Waals surface area contributed by atoms with Crippen LogP contribution in [0, 0.1) is 6.92 Å².